The number of carbonyl (C=O) groups excluding carboxylic acids is 1. The number of rotatable bonds is 4. The third kappa shape index (κ3) is 2.97. The number of aromatic nitrogens is 4. The molecule has 0 aliphatic carbocycles. The Morgan fingerprint density at radius 3 is 2.78 bits per heavy atom. The monoisotopic (exact) mass is 244 g/mol. The van der Waals surface area contributed by atoms with Gasteiger partial charge in [-0.25, -0.2) is 9.97 Å². The van der Waals surface area contributed by atoms with Gasteiger partial charge < -0.3 is 10.6 Å². The van der Waals surface area contributed by atoms with Crippen LogP contribution in [0.5, 0.6) is 0 Å². The number of carbonyl (C=O) groups is 1. The second-order valence-electron chi connectivity index (χ2n) is 3.44. The standard InChI is InChI=1S/C11H12N6O/c1-12-10-3-2-9(16-17-10)11(18)14-6-8-4-5-13-7-15-8/h2-5,7H,6H2,1H3,(H,12,17)(H,14,18). The highest BCUT2D eigenvalue weighted by Crippen LogP contribution is 2.00. The average Bonchev–Trinajstić information content (AvgIpc) is 2.46. The third-order valence-electron chi connectivity index (χ3n) is 2.23. The Balaban J connectivity index is 1.95. The highest BCUT2D eigenvalue weighted by atomic mass is 16.1. The van der Waals surface area contributed by atoms with Crippen LogP contribution >= 0.6 is 0 Å². The summed E-state index contributed by atoms with van der Waals surface area (Å²) in [6, 6.07) is 5.02. The zero-order valence-corrected chi connectivity index (χ0v) is 9.79. The Bertz CT molecular complexity index is 513. The SMILES string of the molecule is CNc1ccc(C(=O)NCc2ccncn2)nn1. The highest BCUT2D eigenvalue weighted by molar-refractivity contribution is 5.92. The maximum atomic E-state index is 11.7. The Morgan fingerprint density at radius 1 is 1.28 bits per heavy atom. The molecule has 0 spiro atoms. The van der Waals surface area contributed by atoms with Crippen LogP contribution in [0, 0.1) is 0 Å². The van der Waals surface area contributed by atoms with Gasteiger partial charge in [0.05, 0.1) is 12.2 Å². The molecule has 1 amide bonds. The fourth-order valence-electron chi connectivity index (χ4n) is 1.27. The molecule has 0 saturated carbocycles. The van der Waals surface area contributed by atoms with Crippen molar-refractivity contribution in [3.8, 4) is 0 Å². The largest absolute Gasteiger partial charge is 0.372 e. The first-order chi connectivity index (χ1) is 8.79. The summed E-state index contributed by atoms with van der Waals surface area (Å²) in [5.74, 6) is 0.325. The molecule has 0 aliphatic heterocycles. The first-order valence-electron chi connectivity index (χ1n) is 5.34. The molecule has 92 valence electrons. The summed E-state index contributed by atoms with van der Waals surface area (Å²) in [4.78, 5) is 19.5. The van der Waals surface area contributed by atoms with Crippen LogP contribution in [-0.4, -0.2) is 33.1 Å². The Labute approximate surface area is 104 Å². The molecule has 18 heavy (non-hydrogen) atoms. The smallest absolute Gasteiger partial charge is 0.272 e. The van der Waals surface area contributed by atoms with Gasteiger partial charge in [0.15, 0.2) is 5.69 Å². The molecule has 0 bridgehead atoms. The van der Waals surface area contributed by atoms with Crippen molar-refractivity contribution < 1.29 is 4.79 Å². The van der Waals surface area contributed by atoms with Crippen LogP contribution < -0.4 is 10.6 Å². The van der Waals surface area contributed by atoms with Crippen LogP contribution in [-0.2, 0) is 6.54 Å². The fraction of sp³-hybridized carbons (Fsp3) is 0.182. The molecule has 0 saturated heterocycles. The van der Waals surface area contributed by atoms with Crippen molar-refractivity contribution in [2.24, 2.45) is 0 Å². The average molecular weight is 244 g/mol. The lowest BCUT2D eigenvalue weighted by Gasteiger charge is -2.04. The summed E-state index contributed by atoms with van der Waals surface area (Å²) < 4.78 is 0. The zero-order valence-electron chi connectivity index (χ0n) is 9.79. The number of hydrogen-bond acceptors (Lipinski definition) is 6. The van der Waals surface area contributed by atoms with Gasteiger partial charge in [-0.2, -0.15) is 0 Å². The Hall–Kier alpha value is -2.57. The van der Waals surface area contributed by atoms with Gasteiger partial charge in [-0.3, -0.25) is 4.79 Å². The quantitative estimate of drug-likeness (QED) is 0.800. The van der Waals surface area contributed by atoms with E-state index in [-0.39, 0.29) is 11.6 Å². The molecule has 2 aromatic rings. The van der Waals surface area contributed by atoms with E-state index in [2.05, 4.69) is 30.8 Å². The van der Waals surface area contributed by atoms with Crippen molar-refractivity contribution in [3.63, 3.8) is 0 Å². The molecule has 2 N–H and O–H groups in total. The number of nitrogens with one attached hydrogen (secondary N) is 2. The maximum absolute atomic E-state index is 11.7. The second kappa shape index (κ2) is 5.67. The molecule has 0 radical (unpaired) electrons. The Morgan fingerprint density at radius 2 is 2.17 bits per heavy atom. The summed E-state index contributed by atoms with van der Waals surface area (Å²) in [7, 11) is 1.73. The van der Waals surface area contributed by atoms with Gasteiger partial charge in [0.2, 0.25) is 0 Å². The molecule has 7 nitrogen and oxygen atoms in total. The van der Waals surface area contributed by atoms with E-state index in [1.165, 1.54) is 6.33 Å². The molecule has 7 heteroatoms. The van der Waals surface area contributed by atoms with Crippen LogP contribution in [0.3, 0.4) is 0 Å². The zero-order chi connectivity index (χ0) is 12.8. The van der Waals surface area contributed by atoms with Crippen LogP contribution in [0.1, 0.15) is 16.2 Å². The number of anilines is 1. The first-order valence-corrected chi connectivity index (χ1v) is 5.34. The van der Waals surface area contributed by atoms with Crippen molar-refractivity contribution >= 4 is 11.7 Å². The van der Waals surface area contributed by atoms with Crippen molar-refractivity contribution in [2.75, 3.05) is 12.4 Å². The van der Waals surface area contributed by atoms with Crippen LogP contribution in [0.4, 0.5) is 5.82 Å². The van der Waals surface area contributed by atoms with Gasteiger partial charge in [0.25, 0.3) is 5.91 Å². The second-order valence-corrected chi connectivity index (χ2v) is 3.44. The van der Waals surface area contributed by atoms with E-state index in [0.717, 1.165) is 5.69 Å². The number of nitrogens with zero attached hydrogens (tertiary/aromatic N) is 4. The van der Waals surface area contributed by atoms with Gasteiger partial charge in [-0.15, -0.1) is 10.2 Å². The molecular formula is C11H12N6O. The molecule has 0 aromatic carbocycles. The summed E-state index contributed by atoms with van der Waals surface area (Å²) in [6.07, 6.45) is 3.05. The van der Waals surface area contributed by atoms with E-state index < -0.39 is 0 Å². The lowest BCUT2D eigenvalue weighted by atomic mass is 10.3. The van der Waals surface area contributed by atoms with Crippen molar-refractivity contribution in [1.82, 2.24) is 25.5 Å². The van der Waals surface area contributed by atoms with Crippen LogP contribution in [0.15, 0.2) is 30.7 Å². The van der Waals surface area contributed by atoms with E-state index in [1.807, 2.05) is 0 Å². The van der Waals surface area contributed by atoms with Crippen LogP contribution in [0.2, 0.25) is 0 Å². The van der Waals surface area contributed by atoms with Gasteiger partial charge >= 0.3 is 0 Å². The maximum Gasteiger partial charge on any atom is 0.272 e. The van der Waals surface area contributed by atoms with E-state index in [4.69, 9.17) is 0 Å². The Kier molecular flexibility index (Phi) is 3.75. The third-order valence-corrected chi connectivity index (χ3v) is 2.23. The number of amides is 1. The minimum Gasteiger partial charge on any atom is -0.372 e. The van der Waals surface area contributed by atoms with Crippen molar-refractivity contribution in [1.29, 1.82) is 0 Å². The number of hydrogen-bond donors (Lipinski definition) is 2. The van der Waals surface area contributed by atoms with Crippen molar-refractivity contribution in [2.45, 2.75) is 6.54 Å². The predicted molar refractivity (Wildman–Crippen MR) is 64.8 cm³/mol. The summed E-state index contributed by atoms with van der Waals surface area (Å²) in [5, 5.41) is 13.2. The van der Waals surface area contributed by atoms with Crippen LogP contribution in [0.25, 0.3) is 0 Å². The summed E-state index contributed by atoms with van der Waals surface area (Å²) in [5.41, 5.74) is 1.00. The van der Waals surface area contributed by atoms with Gasteiger partial charge in [-0.1, -0.05) is 0 Å². The van der Waals surface area contributed by atoms with Gasteiger partial charge in [-0.05, 0) is 18.2 Å². The molecule has 0 atom stereocenters. The van der Waals surface area contributed by atoms with Crippen molar-refractivity contribution in [3.05, 3.63) is 42.1 Å². The normalized spacial score (nSPS) is 9.83. The molecule has 0 fully saturated rings. The topological polar surface area (TPSA) is 92.7 Å². The minimum atomic E-state index is -0.288. The van der Waals surface area contributed by atoms with Gasteiger partial charge in [0.1, 0.15) is 12.1 Å². The highest BCUT2D eigenvalue weighted by Gasteiger charge is 2.07. The summed E-state index contributed by atoms with van der Waals surface area (Å²) in [6.45, 7) is 0.330. The van der Waals surface area contributed by atoms with E-state index >= 15 is 0 Å². The molecule has 2 rings (SSSR count). The predicted octanol–water partition coefficient (Wildman–Crippen LogP) is 0.238. The molecule has 0 unspecified atom stereocenters. The lowest BCUT2D eigenvalue weighted by Crippen LogP contribution is -2.24. The fourth-order valence-corrected chi connectivity index (χ4v) is 1.27. The van der Waals surface area contributed by atoms with E-state index in [9.17, 15) is 4.79 Å². The summed E-state index contributed by atoms with van der Waals surface area (Å²) >= 11 is 0. The molecule has 2 aromatic heterocycles. The van der Waals surface area contributed by atoms with Gasteiger partial charge in [0, 0.05) is 13.2 Å². The lowest BCUT2D eigenvalue weighted by molar-refractivity contribution is 0.0944. The minimum absolute atomic E-state index is 0.267. The molecule has 0 aliphatic rings. The first kappa shape index (κ1) is 11.9. The van der Waals surface area contributed by atoms with E-state index in [0.29, 0.717) is 12.4 Å². The molecular weight excluding hydrogens is 232 g/mol. The van der Waals surface area contributed by atoms with E-state index in [1.54, 1.807) is 31.4 Å². The molecule has 2 heterocycles.